The summed E-state index contributed by atoms with van der Waals surface area (Å²) in [7, 11) is 1.62. The van der Waals surface area contributed by atoms with Gasteiger partial charge >= 0.3 is 0 Å². The number of ether oxygens (including phenoxy) is 2. The van der Waals surface area contributed by atoms with Crippen LogP contribution in [-0.2, 0) is 6.54 Å². The van der Waals surface area contributed by atoms with Crippen molar-refractivity contribution in [2.75, 3.05) is 18.6 Å². The van der Waals surface area contributed by atoms with Crippen LogP contribution in [0.1, 0.15) is 36.0 Å². The fourth-order valence-electron chi connectivity index (χ4n) is 3.11. The van der Waals surface area contributed by atoms with Gasteiger partial charge in [0.25, 0.3) is 5.91 Å². The number of hydrogen-bond acceptors (Lipinski definition) is 5. The molecule has 2 aromatic heterocycles. The van der Waals surface area contributed by atoms with Gasteiger partial charge in [-0.05, 0) is 41.3 Å². The van der Waals surface area contributed by atoms with Crippen LogP contribution >= 0.6 is 34.3 Å². The average molecular weight is 448 g/mol. The number of hydrogen-bond donors (Lipinski definition) is 0. The molecule has 4 rings (SSSR count). The summed E-state index contributed by atoms with van der Waals surface area (Å²) in [5.41, 5.74) is 1.90. The second kappa shape index (κ2) is 7.67. The molecule has 152 valence electrons. The molecule has 1 aliphatic rings. The molecule has 1 aromatic carbocycles. The van der Waals surface area contributed by atoms with Gasteiger partial charge < -0.3 is 14.4 Å². The quantitative estimate of drug-likeness (QED) is 0.435. The van der Waals surface area contributed by atoms with Crippen LogP contribution in [0.4, 0.5) is 5.69 Å². The van der Waals surface area contributed by atoms with Crippen LogP contribution in [0.15, 0.2) is 36.4 Å². The van der Waals surface area contributed by atoms with E-state index >= 15 is 0 Å². The van der Waals surface area contributed by atoms with Crippen LogP contribution in [0.5, 0.6) is 11.5 Å². The van der Waals surface area contributed by atoms with Crippen LogP contribution in [0.3, 0.4) is 0 Å². The predicted molar refractivity (Wildman–Crippen MR) is 121 cm³/mol. The van der Waals surface area contributed by atoms with E-state index in [0.29, 0.717) is 24.7 Å². The van der Waals surface area contributed by atoms with Gasteiger partial charge in [0, 0.05) is 21.5 Å². The third kappa shape index (κ3) is 4.15. The molecule has 0 saturated carbocycles. The molecule has 7 heteroatoms. The van der Waals surface area contributed by atoms with Crippen molar-refractivity contribution in [3.8, 4) is 21.3 Å². The number of nitrogens with zero attached hydrogens (tertiary/aromatic N) is 1. The van der Waals surface area contributed by atoms with Crippen molar-refractivity contribution in [2.24, 2.45) is 5.41 Å². The fraction of sp³-hybridized carbons (Fsp3) is 0.318. The summed E-state index contributed by atoms with van der Waals surface area (Å²) in [4.78, 5) is 17.8. The molecule has 0 atom stereocenters. The lowest BCUT2D eigenvalue weighted by Crippen LogP contribution is -2.23. The minimum absolute atomic E-state index is 0.0179. The highest BCUT2D eigenvalue weighted by molar-refractivity contribution is 7.25. The number of fused-ring (bicyclic) bond motifs is 1. The first-order valence-corrected chi connectivity index (χ1v) is 11.3. The minimum atomic E-state index is 0.0179. The Kier molecular flexibility index (Phi) is 5.36. The molecule has 0 fully saturated rings. The van der Waals surface area contributed by atoms with E-state index in [0.717, 1.165) is 30.2 Å². The molecule has 0 spiro atoms. The largest absolute Gasteiger partial charge is 0.493 e. The number of carbonyl (C=O) groups excluding carboxylic acids is 1. The Bertz CT molecular complexity index is 1060. The van der Waals surface area contributed by atoms with Crippen LogP contribution in [0.2, 0.25) is 4.34 Å². The second-order valence-electron chi connectivity index (χ2n) is 8.14. The average Bonchev–Trinajstić information content (AvgIpc) is 3.35. The summed E-state index contributed by atoms with van der Waals surface area (Å²) in [6.45, 7) is 7.49. The van der Waals surface area contributed by atoms with Crippen molar-refractivity contribution in [3.05, 3.63) is 51.2 Å². The van der Waals surface area contributed by atoms with Crippen molar-refractivity contribution in [1.29, 1.82) is 0 Å². The number of anilines is 1. The lowest BCUT2D eigenvalue weighted by atomic mass is 9.99. The third-order valence-electron chi connectivity index (χ3n) is 4.51. The lowest BCUT2D eigenvalue weighted by Gasteiger charge is -2.22. The number of methoxy groups -OCH3 is 1. The molecule has 0 saturated heterocycles. The van der Waals surface area contributed by atoms with E-state index < -0.39 is 0 Å². The van der Waals surface area contributed by atoms with Crippen molar-refractivity contribution in [2.45, 2.75) is 27.3 Å². The standard InChI is InChI=1S/C22H22ClNO3S2/c1-22(2,3)12-27-15-6-5-14(10-16(15)26-4)24-11-13-9-18(29-20(13)21(24)25)17-7-8-19(23)28-17/h5-10H,11-12H2,1-4H3. The van der Waals surface area contributed by atoms with Crippen molar-refractivity contribution < 1.29 is 14.3 Å². The Labute approximate surface area is 183 Å². The van der Waals surface area contributed by atoms with Gasteiger partial charge in [0.1, 0.15) is 0 Å². The molecule has 0 bridgehead atoms. The van der Waals surface area contributed by atoms with Gasteiger partial charge in [0.05, 0.1) is 29.5 Å². The summed E-state index contributed by atoms with van der Waals surface area (Å²) in [6.07, 6.45) is 0. The topological polar surface area (TPSA) is 38.8 Å². The third-order valence-corrected chi connectivity index (χ3v) is 7.10. The number of amides is 1. The van der Waals surface area contributed by atoms with E-state index in [1.165, 1.54) is 22.7 Å². The van der Waals surface area contributed by atoms with Crippen LogP contribution < -0.4 is 14.4 Å². The number of carbonyl (C=O) groups is 1. The van der Waals surface area contributed by atoms with Crippen LogP contribution in [0.25, 0.3) is 9.75 Å². The molecule has 29 heavy (non-hydrogen) atoms. The highest BCUT2D eigenvalue weighted by Gasteiger charge is 2.32. The summed E-state index contributed by atoms with van der Waals surface area (Å²) < 4.78 is 12.2. The Balaban J connectivity index is 1.55. The van der Waals surface area contributed by atoms with Crippen LogP contribution in [-0.4, -0.2) is 19.6 Å². The second-order valence-corrected chi connectivity index (χ2v) is 10.9. The summed E-state index contributed by atoms with van der Waals surface area (Å²) in [6, 6.07) is 11.6. The Hall–Kier alpha value is -2.02. The van der Waals surface area contributed by atoms with Gasteiger partial charge in [0.2, 0.25) is 0 Å². The first-order valence-electron chi connectivity index (χ1n) is 9.26. The molecular weight excluding hydrogens is 426 g/mol. The predicted octanol–water partition coefficient (Wildman–Crippen LogP) is 6.72. The van der Waals surface area contributed by atoms with Crippen molar-refractivity contribution >= 4 is 45.9 Å². The number of benzene rings is 1. The Morgan fingerprint density at radius 1 is 1.07 bits per heavy atom. The van der Waals surface area contributed by atoms with Gasteiger partial charge in [-0.3, -0.25) is 4.79 Å². The normalized spacial score (nSPS) is 13.7. The molecule has 1 amide bonds. The summed E-state index contributed by atoms with van der Waals surface area (Å²) in [5.74, 6) is 1.33. The number of thiophene rings is 2. The summed E-state index contributed by atoms with van der Waals surface area (Å²) >= 11 is 9.10. The maximum absolute atomic E-state index is 13.0. The SMILES string of the molecule is COc1cc(N2Cc3cc(-c4ccc(Cl)s4)sc3C2=O)ccc1OCC(C)(C)C. The van der Waals surface area contributed by atoms with E-state index in [1.807, 2.05) is 30.3 Å². The molecule has 1 aliphatic heterocycles. The molecule has 0 N–H and O–H groups in total. The first-order chi connectivity index (χ1) is 13.7. The van der Waals surface area contributed by atoms with E-state index in [2.05, 4.69) is 26.8 Å². The Morgan fingerprint density at radius 3 is 2.48 bits per heavy atom. The zero-order chi connectivity index (χ0) is 20.8. The van der Waals surface area contributed by atoms with Gasteiger partial charge in [0.15, 0.2) is 11.5 Å². The van der Waals surface area contributed by atoms with E-state index in [9.17, 15) is 4.79 Å². The molecule has 0 radical (unpaired) electrons. The molecule has 0 aliphatic carbocycles. The number of halogens is 1. The lowest BCUT2D eigenvalue weighted by molar-refractivity contribution is 0.1000. The zero-order valence-electron chi connectivity index (χ0n) is 16.7. The molecule has 0 unspecified atom stereocenters. The summed E-state index contributed by atoms with van der Waals surface area (Å²) in [5, 5.41) is 0. The highest BCUT2D eigenvalue weighted by atomic mass is 35.5. The number of rotatable bonds is 5. The van der Waals surface area contributed by atoms with Gasteiger partial charge in [-0.2, -0.15) is 0 Å². The van der Waals surface area contributed by atoms with Gasteiger partial charge in [-0.25, -0.2) is 0 Å². The maximum atomic E-state index is 13.0. The van der Waals surface area contributed by atoms with Crippen LogP contribution in [0, 0.1) is 5.41 Å². The van der Waals surface area contributed by atoms with E-state index in [1.54, 1.807) is 12.0 Å². The van der Waals surface area contributed by atoms with E-state index in [-0.39, 0.29) is 11.3 Å². The molecule has 3 aromatic rings. The zero-order valence-corrected chi connectivity index (χ0v) is 19.1. The Morgan fingerprint density at radius 2 is 1.86 bits per heavy atom. The van der Waals surface area contributed by atoms with E-state index in [4.69, 9.17) is 21.1 Å². The highest BCUT2D eigenvalue weighted by Crippen LogP contribution is 2.42. The molecular formula is C22H22ClNO3S2. The smallest absolute Gasteiger partial charge is 0.269 e. The monoisotopic (exact) mass is 447 g/mol. The molecule has 4 nitrogen and oxygen atoms in total. The van der Waals surface area contributed by atoms with Gasteiger partial charge in [-0.15, -0.1) is 22.7 Å². The van der Waals surface area contributed by atoms with Crippen molar-refractivity contribution in [1.82, 2.24) is 0 Å². The molecule has 3 heterocycles. The fourth-order valence-corrected chi connectivity index (χ4v) is 5.35. The maximum Gasteiger partial charge on any atom is 0.269 e. The first kappa shape index (κ1) is 20.3. The van der Waals surface area contributed by atoms with Gasteiger partial charge in [-0.1, -0.05) is 32.4 Å². The minimum Gasteiger partial charge on any atom is -0.493 e. The van der Waals surface area contributed by atoms with Crippen molar-refractivity contribution in [3.63, 3.8) is 0 Å².